The van der Waals surface area contributed by atoms with E-state index in [-0.39, 0.29) is 5.91 Å². The first-order chi connectivity index (χ1) is 13.8. The van der Waals surface area contributed by atoms with Crippen molar-refractivity contribution in [1.29, 1.82) is 0 Å². The Labute approximate surface area is 171 Å². The molecule has 0 spiro atoms. The number of nitrogens with zero attached hydrogens (tertiary/aromatic N) is 5. The number of benzene rings is 1. The zero-order valence-corrected chi connectivity index (χ0v) is 18.0. The van der Waals surface area contributed by atoms with Crippen LogP contribution in [-0.2, 0) is 36.7 Å². The molecule has 3 rings (SSSR count). The molecule has 29 heavy (non-hydrogen) atoms. The Hall–Kier alpha value is -2.93. The number of rotatable bonds is 7. The summed E-state index contributed by atoms with van der Waals surface area (Å²) in [7, 11) is 5.39. The van der Waals surface area contributed by atoms with E-state index >= 15 is 0 Å². The summed E-state index contributed by atoms with van der Waals surface area (Å²) in [5.41, 5.74) is 5.77. The Morgan fingerprint density at radius 3 is 2.28 bits per heavy atom. The van der Waals surface area contributed by atoms with Crippen LogP contribution >= 0.6 is 0 Å². The van der Waals surface area contributed by atoms with Gasteiger partial charge in [-0.2, -0.15) is 10.2 Å². The molecule has 0 radical (unpaired) electrons. The Morgan fingerprint density at radius 2 is 1.76 bits per heavy atom. The molecule has 1 unspecified atom stereocenters. The molecule has 2 aromatic heterocycles. The lowest BCUT2D eigenvalue weighted by Gasteiger charge is -2.27. The van der Waals surface area contributed by atoms with Gasteiger partial charge in [-0.15, -0.1) is 0 Å². The fourth-order valence-electron chi connectivity index (χ4n) is 3.63. The van der Waals surface area contributed by atoms with Crippen LogP contribution in [0.15, 0.2) is 36.4 Å². The molecule has 1 atom stereocenters. The molecule has 0 bridgehead atoms. The zero-order chi connectivity index (χ0) is 21.1. The second-order valence-electron chi connectivity index (χ2n) is 7.39. The highest BCUT2D eigenvalue weighted by Crippen LogP contribution is 2.24. The first kappa shape index (κ1) is 20.8. The molecule has 1 amide bonds. The monoisotopic (exact) mass is 395 g/mol. The summed E-state index contributed by atoms with van der Waals surface area (Å²) >= 11 is 0. The minimum Gasteiger partial charge on any atom is -0.367 e. The molecular weight excluding hydrogens is 366 g/mol. The van der Waals surface area contributed by atoms with Gasteiger partial charge >= 0.3 is 0 Å². The average molecular weight is 396 g/mol. The molecule has 3 aromatic rings. The van der Waals surface area contributed by atoms with Gasteiger partial charge in [0, 0.05) is 39.0 Å². The van der Waals surface area contributed by atoms with Crippen molar-refractivity contribution in [1.82, 2.24) is 24.5 Å². The summed E-state index contributed by atoms with van der Waals surface area (Å²) in [6.45, 7) is 6.85. The molecule has 7 nitrogen and oxygen atoms in total. The number of ether oxygens (including phenoxy) is 1. The molecule has 0 fully saturated rings. The minimum atomic E-state index is -0.664. The molecule has 154 valence electrons. The molecular formula is C22H29N5O2. The highest BCUT2D eigenvalue weighted by molar-refractivity contribution is 5.82. The van der Waals surface area contributed by atoms with Gasteiger partial charge in [0.15, 0.2) is 6.10 Å². The fourth-order valence-corrected chi connectivity index (χ4v) is 3.63. The van der Waals surface area contributed by atoms with E-state index in [1.54, 1.807) is 7.11 Å². The van der Waals surface area contributed by atoms with Crippen molar-refractivity contribution < 1.29 is 9.53 Å². The summed E-state index contributed by atoms with van der Waals surface area (Å²) in [6.07, 6.45) is -0.664. The van der Waals surface area contributed by atoms with Crippen LogP contribution in [0, 0.1) is 20.8 Å². The molecule has 1 aromatic carbocycles. The standard InChI is InChI=1S/C22H29N5O2/c1-15-12-19(26(5)23-15)13-27(14-20-16(2)24-25(4)17(20)3)22(28)21(29-6)18-10-8-7-9-11-18/h7-12,21H,13-14H2,1-6H3. The zero-order valence-electron chi connectivity index (χ0n) is 18.0. The van der Waals surface area contributed by atoms with Crippen molar-refractivity contribution in [2.75, 3.05) is 7.11 Å². The molecule has 0 saturated carbocycles. The Balaban J connectivity index is 1.97. The summed E-state index contributed by atoms with van der Waals surface area (Å²) < 4.78 is 9.30. The molecule has 7 heteroatoms. The quantitative estimate of drug-likeness (QED) is 0.617. The first-order valence-corrected chi connectivity index (χ1v) is 9.67. The van der Waals surface area contributed by atoms with E-state index < -0.39 is 6.10 Å². The number of carbonyl (C=O) groups excluding carboxylic acids is 1. The van der Waals surface area contributed by atoms with E-state index in [1.165, 1.54) is 0 Å². The van der Waals surface area contributed by atoms with Crippen LogP contribution in [0.3, 0.4) is 0 Å². The maximum Gasteiger partial charge on any atom is 0.256 e. The van der Waals surface area contributed by atoms with E-state index in [4.69, 9.17) is 4.74 Å². The van der Waals surface area contributed by atoms with Crippen molar-refractivity contribution in [3.63, 3.8) is 0 Å². The Morgan fingerprint density at radius 1 is 1.07 bits per heavy atom. The molecule has 0 aliphatic heterocycles. The summed E-state index contributed by atoms with van der Waals surface area (Å²) in [5.74, 6) is -0.0831. The van der Waals surface area contributed by atoms with Crippen LogP contribution < -0.4 is 0 Å². The van der Waals surface area contributed by atoms with E-state index in [2.05, 4.69) is 10.2 Å². The Kier molecular flexibility index (Phi) is 6.17. The fraction of sp³-hybridized carbons (Fsp3) is 0.409. The predicted octanol–water partition coefficient (Wildman–Crippen LogP) is 3.00. The lowest BCUT2D eigenvalue weighted by molar-refractivity contribution is -0.143. The van der Waals surface area contributed by atoms with E-state index in [9.17, 15) is 4.79 Å². The van der Waals surface area contributed by atoms with Crippen LogP contribution in [0.5, 0.6) is 0 Å². The van der Waals surface area contributed by atoms with Gasteiger partial charge in [0.2, 0.25) is 0 Å². The van der Waals surface area contributed by atoms with Gasteiger partial charge in [0.05, 0.1) is 23.6 Å². The SMILES string of the molecule is COC(C(=O)N(Cc1c(C)nn(C)c1C)Cc1cc(C)nn1C)c1ccccc1. The molecule has 0 saturated heterocycles. The van der Waals surface area contributed by atoms with Crippen molar-refractivity contribution in [2.24, 2.45) is 14.1 Å². The number of amides is 1. The number of methoxy groups -OCH3 is 1. The lowest BCUT2D eigenvalue weighted by Crippen LogP contribution is -2.36. The van der Waals surface area contributed by atoms with Gasteiger partial charge in [0.1, 0.15) is 0 Å². The van der Waals surface area contributed by atoms with Crippen LogP contribution in [-0.4, -0.2) is 37.5 Å². The number of carbonyl (C=O) groups is 1. The van der Waals surface area contributed by atoms with Crippen LogP contribution in [0.4, 0.5) is 0 Å². The second-order valence-corrected chi connectivity index (χ2v) is 7.39. The normalized spacial score (nSPS) is 12.2. The number of aryl methyl sites for hydroxylation is 4. The highest BCUT2D eigenvalue weighted by atomic mass is 16.5. The second kappa shape index (κ2) is 8.61. The van der Waals surface area contributed by atoms with Crippen molar-refractivity contribution in [2.45, 2.75) is 40.0 Å². The largest absolute Gasteiger partial charge is 0.367 e. The lowest BCUT2D eigenvalue weighted by atomic mass is 10.1. The van der Waals surface area contributed by atoms with Crippen molar-refractivity contribution in [3.05, 3.63) is 70.3 Å². The van der Waals surface area contributed by atoms with Crippen LogP contribution in [0.1, 0.15) is 40.0 Å². The average Bonchev–Trinajstić information content (AvgIpc) is 3.13. The number of hydrogen-bond acceptors (Lipinski definition) is 4. The van der Waals surface area contributed by atoms with Gasteiger partial charge < -0.3 is 9.64 Å². The number of hydrogen-bond donors (Lipinski definition) is 0. The third-order valence-electron chi connectivity index (χ3n) is 5.33. The maximum atomic E-state index is 13.6. The third-order valence-corrected chi connectivity index (χ3v) is 5.33. The van der Waals surface area contributed by atoms with Crippen molar-refractivity contribution in [3.8, 4) is 0 Å². The molecule has 0 aliphatic rings. The highest BCUT2D eigenvalue weighted by Gasteiger charge is 2.28. The predicted molar refractivity (Wildman–Crippen MR) is 111 cm³/mol. The van der Waals surface area contributed by atoms with E-state index in [0.717, 1.165) is 33.9 Å². The molecule has 0 aliphatic carbocycles. The molecule has 2 heterocycles. The van der Waals surface area contributed by atoms with Gasteiger partial charge in [-0.3, -0.25) is 14.2 Å². The van der Waals surface area contributed by atoms with Crippen LogP contribution in [0.2, 0.25) is 0 Å². The summed E-state index contributed by atoms with van der Waals surface area (Å²) in [6, 6.07) is 11.6. The van der Waals surface area contributed by atoms with Crippen molar-refractivity contribution >= 4 is 5.91 Å². The van der Waals surface area contributed by atoms with Gasteiger partial charge in [-0.05, 0) is 32.4 Å². The number of aromatic nitrogens is 4. The maximum absolute atomic E-state index is 13.6. The topological polar surface area (TPSA) is 65.2 Å². The van der Waals surface area contributed by atoms with Gasteiger partial charge in [0.25, 0.3) is 5.91 Å². The van der Waals surface area contributed by atoms with E-state index in [1.807, 2.05) is 85.5 Å². The smallest absolute Gasteiger partial charge is 0.256 e. The van der Waals surface area contributed by atoms with Gasteiger partial charge in [-0.25, -0.2) is 0 Å². The van der Waals surface area contributed by atoms with Crippen LogP contribution in [0.25, 0.3) is 0 Å². The third kappa shape index (κ3) is 4.40. The van der Waals surface area contributed by atoms with E-state index in [0.29, 0.717) is 13.1 Å². The Bertz CT molecular complexity index is 990. The molecule has 0 N–H and O–H groups in total. The minimum absolute atomic E-state index is 0.0831. The first-order valence-electron chi connectivity index (χ1n) is 9.67. The van der Waals surface area contributed by atoms with Gasteiger partial charge in [-0.1, -0.05) is 30.3 Å². The summed E-state index contributed by atoms with van der Waals surface area (Å²) in [4.78, 5) is 15.4. The summed E-state index contributed by atoms with van der Waals surface area (Å²) in [5, 5.41) is 8.93.